The van der Waals surface area contributed by atoms with E-state index >= 15 is 0 Å². The van der Waals surface area contributed by atoms with E-state index in [9.17, 15) is 0 Å². The molecule has 0 saturated heterocycles. The number of halogens is 1. The van der Waals surface area contributed by atoms with Crippen LogP contribution in [0.3, 0.4) is 0 Å². The first kappa shape index (κ1) is 13.4. The molecule has 1 aromatic rings. The molecule has 0 aliphatic heterocycles. The molecule has 1 heterocycles. The summed E-state index contributed by atoms with van der Waals surface area (Å²) >= 11 is 7.83. The number of nitrogens with one attached hydrogen (secondary N) is 1. The van der Waals surface area contributed by atoms with Crippen molar-refractivity contribution in [2.75, 3.05) is 6.54 Å². The molecular weight excluding hydrogens is 250 g/mol. The summed E-state index contributed by atoms with van der Waals surface area (Å²) in [5.74, 6) is 0.707. The van der Waals surface area contributed by atoms with Gasteiger partial charge in [0.25, 0.3) is 0 Å². The van der Waals surface area contributed by atoms with E-state index in [2.05, 4.69) is 32.2 Å². The summed E-state index contributed by atoms with van der Waals surface area (Å²) in [6.45, 7) is 7.93. The SMILES string of the molecule is CCNC1CC(c2ccc(Cl)s2)C1(CC)CC. The van der Waals surface area contributed by atoms with Crippen molar-refractivity contribution in [3.05, 3.63) is 21.3 Å². The first-order chi connectivity index (χ1) is 8.17. The average molecular weight is 272 g/mol. The molecule has 1 saturated carbocycles. The van der Waals surface area contributed by atoms with E-state index in [1.165, 1.54) is 24.1 Å². The van der Waals surface area contributed by atoms with Gasteiger partial charge in [-0.3, -0.25) is 0 Å². The van der Waals surface area contributed by atoms with Crippen LogP contribution < -0.4 is 5.32 Å². The van der Waals surface area contributed by atoms with Crippen molar-refractivity contribution in [1.29, 1.82) is 0 Å². The molecule has 0 bridgehead atoms. The summed E-state index contributed by atoms with van der Waals surface area (Å²) in [5, 5.41) is 3.65. The normalized spacial score (nSPS) is 26.8. The van der Waals surface area contributed by atoms with Gasteiger partial charge in [0, 0.05) is 16.8 Å². The van der Waals surface area contributed by atoms with Gasteiger partial charge in [-0.1, -0.05) is 32.4 Å². The van der Waals surface area contributed by atoms with Crippen molar-refractivity contribution >= 4 is 22.9 Å². The maximum atomic E-state index is 6.07. The van der Waals surface area contributed by atoms with E-state index < -0.39 is 0 Å². The van der Waals surface area contributed by atoms with Crippen LogP contribution in [0.15, 0.2) is 12.1 Å². The zero-order valence-electron chi connectivity index (χ0n) is 10.9. The van der Waals surface area contributed by atoms with Crippen LogP contribution in [0.5, 0.6) is 0 Å². The molecule has 2 atom stereocenters. The Balaban J connectivity index is 2.20. The van der Waals surface area contributed by atoms with Crippen molar-refractivity contribution in [3.8, 4) is 0 Å². The number of hydrogen-bond donors (Lipinski definition) is 1. The first-order valence-corrected chi connectivity index (χ1v) is 7.86. The lowest BCUT2D eigenvalue weighted by atomic mass is 9.53. The van der Waals surface area contributed by atoms with Gasteiger partial charge in [0.15, 0.2) is 0 Å². The van der Waals surface area contributed by atoms with Gasteiger partial charge >= 0.3 is 0 Å². The van der Waals surface area contributed by atoms with Crippen LogP contribution in [-0.4, -0.2) is 12.6 Å². The quantitative estimate of drug-likeness (QED) is 0.820. The largest absolute Gasteiger partial charge is 0.314 e. The Labute approximate surface area is 114 Å². The molecule has 1 aromatic heterocycles. The topological polar surface area (TPSA) is 12.0 Å². The van der Waals surface area contributed by atoms with Gasteiger partial charge in [0.2, 0.25) is 0 Å². The van der Waals surface area contributed by atoms with Crippen LogP contribution in [0.2, 0.25) is 4.34 Å². The molecule has 0 amide bonds. The van der Waals surface area contributed by atoms with Gasteiger partial charge in [-0.25, -0.2) is 0 Å². The minimum absolute atomic E-state index is 0.449. The molecule has 3 heteroatoms. The van der Waals surface area contributed by atoms with Gasteiger partial charge < -0.3 is 5.32 Å². The van der Waals surface area contributed by atoms with E-state index in [0.29, 0.717) is 17.4 Å². The molecule has 1 aliphatic rings. The Kier molecular flexibility index (Phi) is 4.17. The summed E-state index contributed by atoms with van der Waals surface area (Å²) in [5.41, 5.74) is 0.449. The van der Waals surface area contributed by atoms with Crippen molar-refractivity contribution in [1.82, 2.24) is 5.32 Å². The molecule has 2 rings (SSSR count). The van der Waals surface area contributed by atoms with Crippen LogP contribution >= 0.6 is 22.9 Å². The van der Waals surface area contributed by atoms with E-state index in [1.54, 1.807) is 11.3 Å². The fourth-order valence-electron chi connectivity index (χ4n) is 3.47. The molecule has 1 aliphatic carbocycles. The Morgan fingerprint density at radius 3 is 2.53 bits per heavy atom. The van der Waals surface area contributed by atoms with E-state index in [4.69, 9.17) is 11.6 Å². The third kappa shape index (κ3) is 2.16. The highest BCUT2D eigenvalue weighted by Crippen LogP contribution is 2.58. The highest BCUT2D eigenvalue weighted by Gasteiger charge is 2.52. The lowest BCUT2D eigenvalue weighted by Gasteiger charge is -2.56. The summed E-state index contributed by atoms with van der Waals surface area (Å²) in [4.78, 5) is 1.48. The molecule has 0 spiro atoms. The molecular formula is C14H22ClNS. The standard InChI is InChI=1S/C14H22ClNS/c1-4-14(5-2)10(9-12(14)16-6-3)11-7-8-13(15)17-11/h7-8,10,12,16H,4-6,9H2,1-3H3. The molecule has 1 fully saturated rings. The summed E-state index contributed by atoms with van der Waals surface area (Å²) in [6.07, 6.45) is 3.77. The second-order valence-corrected chi connectivity index (χ2v) is 6.73. The second-order valence-electron chi connectivity index (χ2n) is 4.98. The maximum absolute atomic E-state index is 6.07. The first-order valence-electron chi connectivity index (χ1n) is 6.66. The summed E-state index contributed by atoms with van der Waals surface area (Å²) in [6, 6.07) is 4.95. The molecule has 0 aromatic carbocycles. The Morgan fingerprint density at radius 2 is 2.06 bits per heavy atom. The van der Waals surface area contributed by atoms with Crippen LogP contribution in [-0.2, 0) is 0 Å². The van der Waals surface area contributed by atoms with E-state index in [1.807, 2.05) is 6.07 Å². The fourth-order valence-corrected chi connectivity index (χ4v) is 4.77. The van der Waals surface area contributed by atoms with Crippen molar-refractivity contribution < 1.29 is 0 Å². The predicted octanol–water partition coefficient (Wildman–Crippen LogP) is 4.67. The lowest BCUT2D eigenvalue weighted by Crippen LogP contribution is -2.57. The highest BCUT2D eigenvalue weighted by molar-refractivity contribution is 7.16. The average Bonchev–Trinajstić information content (AvgIpc) is 2.72. The fraction of sp³-hybridized carbons (Fsp3) is 0.714. The van der Waals surface area contributed by atoms with Gasteiger partial charge in [-0.05, 0) is 43.4 Å². The van der Waals surface area contributed by atoms with E-state index in [0.717, 1.165) is 10.9 Å². The van der Waals surface area contributed by atoms with Gasteiger partial charge in [-0.2, -0.15) is 0 Å². The molecule has 0 radical (unpaired) electrons. The van der Waals surface area contributed by atoms with E-state index in [-0.39, 0.29) is 0 Å². The Morgan fingerprint density at radius 1 is 1.35 bits per heavy atom. The third-order valence-corrected chi connectivity index (χ3v) is 5.91. The highest BCUT2D eigenvalue weighted by atomic mass is 35.5. The van der Waals surface area contributed by atoms with Gasteiger partial charge in [-0.15, -0.1) is 11.3 Å². The number of hydrogen-bond acceptors (Lipinski definition) is 2. The molecule has 1 nitrogen and oxygen atoms in total. The zero-order valence-corrected chi connectivity index (χ0v) is 12.5. The number of thiophene rings is 1. The van der Waals surface area contributed by atoms with Gasteiger partial charge in [0.05, 0.1) is 4.34 Å². The maximum Gasteiger partial charge on any atom is 0.0931 e. The van der Waals surface area contributed by atoms with Crippen molar-refractivity contribution in [2.24, 2.45) is 5.41 Å². The molecule has 2 unspecified atom stereocenters. The predicted molar refractivity (Wildman–Crippen MR) is 77.2 cm³/mol. The third-order valence-electron chi connectivity index (χ3n) is 4.56. The monoisotopic (exact) mass is 271 g/mol. The minimum Gasteiger partial charge on any atom is -0.314 e. The second kappa shape index (κ2) is 5.29. The smallest absolute Gasteiger partial charge is 0.0931 e. The minimum atomic E-state index is 0.449. The molecule has 1 N–H and O–H groups in total. The summed E-state index contributed by atoms with van der Waals surface area (Å²) in [7, 11) is 0. The molecule has 17 heavy (non-hydrogen) atoms. The number of rotatable bonds is 5. The van der Waals surface area contributed by atoms with Crippen LogP contribution in [0.25, 0.3) is 0 Å². The summed E-state index contributed by atoms with van der Waals surface area (Å²) < 4.78 is 0.924. The van der Waals surface area contributed by atoms with Crippen molar-refractivity contribution in [3.63, 3.8) is 0 Å². The zero-order chi connectivity index (χ0) is 12.5. The van der Waals surface area contributed by atoms with Crippen LogP contribution in [0.4, 0.5) is 0 Å². The van der Waals surface area contributed by atoms with Gasteiger partial charge in [0.1, 0.15) is 0 Å². The van der Waals surface area contributed by atoms with Crippen LogP contribution in [0.1, 0.15) is 50.8 Å². The molecule has 96 valence electrons. The Hall–Kier alpha value is -0.0500. The van der Waals surface area contributed by atoms with Crippen molar-refractivity contribution in [2.45, 2.75) is 52.0 Å². The Bertz CT molecular complexity index is 370. The lowest BCUT2D eigenvalue weighted by molar-refractivity contribution is 0.0229. The van der Waals surface area contributed by atoms with Crippen LogP contribution in [0, 0.1) is 5.41 Å².